The summed E-state index contributed by atoms with van der Waals surface area (Å²) in [6.45, 7) is 6.56. The highest BCUT2D eigenvalue weighted by atomic mass is 32.2. The number of hydrogen-bond donors (Lipinski definition) is 0. The van der Waals surface area contributed by atoms with Crippen LogP contribution in [0, 0.1) is 5.92 Å². The van der Waals surface area contributed by atoms with Crippen molar-refractivity contribution in [3.05, 3.63) is 29.9 Å². The van der Waals surface area contributed by atoms with E-state index in [-0.39, 0.29) is 17.0 Å². The fourth-order valence-corrected chi connectivity index (χ4v) is 4.99. The van der Waals surface area contributed by atoms with E-state index in [0.29, 0.717) is 32.2 Å². The molecule has 1 aliphatic rings. The molecule has 27 heavy (non-hydrogen) atoms. The molecule has 3 heterocycles. The van der Waals surface area contributed by atoms with Crippen LogP contribution in [0.15, 0.2) is 28.2 Å². The quantitative estimate of drug-likeness (QED) is 0.641. The third kappa shape index (κ3) is 5.18. The van der Waals surface area contributed by atoms with Crippen LogP contribution in [0.2, 0.25) is 0 Å². The monoisotopic (exact) mass is 396 g/mol. The van der Waals surface area contributed by atoms with E-state index in [1.165, 1.54) is 0 Å². The smallest absolute Gasteiger partial charge is 0.227 e. The van der Waals surface area contributed by atoms with Gasteiger partial charge in [-0.25, -0.2) is 13.4 Å². The summed E-state index contributed by atoms with van der Waals surface area (Å²) < 4.78 is 38.1. The molecule has 9 heteroatoms. The zero-order valence-electron chi connectivity index (χ0n) is 16.2. The van der Waals surface area contributed by atoms with Crippen molar-refractivity contribution in [2.45, 2.75) is 57.6 Å². The molecule has 0 bridgehead atoms. The number of ether oxygens (including phenoxy) is 1. The molecule has 150 valence electrons. The summed E-state index contributed by atoms with van der Waals surface area (Å²) >= 11 is 0. The van der Waals surface area contributed by atoms with Gasteiger partial charge >= 0.3 is 0 Å². The minimum Gasteiger partial charge on any atom is -0.377 e. The average molecular weight is 397 g/mol. The van der Waals surface area contributed by atoms with E-state index in [1.54, 1.807) is 12.5 Å². The van der Waals surface area contributed by atoms with E-state index >= 15 is 0 Å². The van der Waals surface area contributed by atoms with Gasteiger partial charge in [0.1, 0.15) is 6.26 Å². The molecule has 0 amide bonds. The summed E-state index contributed by atoms with van der Waals surface area (Å²) in [6, 6.07) is 1.82. The minimum absolute atomic E-state index is 0.00364. The maximum absolute atomic E-state index is 12.9. The number of nitrogens with zero attached hydrogens (tertiary/aromatic N) is 4. The molecule has 0 aliphatic carbocycles. The van der Waals surface area contributed by atoms with Gasteiger partial charge in [-0.1, -0.05) is 19.0 Å². The summed E-state index contributed by atoms with van der Waals surface area (Å²) in [4.78, 5) is 6.35. The fraction of sp³-hybridized carbons (Fsp3) is 0.667. The Morgan fingerprint density at radius 2 is 2.19 bits per heavy atom. The van der Waals surface area contributed by atoms with Gasteiger partial charge < -0.3 is 13.8 Å². The summed E-state index contributed by atoms with van der Waals surface area (Å²) in [7, 11) is -1.54. The van der Waals surface area contributed by atoms with Gasteiger partial charge in [-0.3, -0.25) is 4.90 Å². The molecule has 2 aromatic rings. The SMILES string of the molecule is CC(C)Cn1c(CN(C)Cc2ccon2)cnc1S(=O)(=O)CC1CCCO1. The Morgan fingerprint density at radius 3 is 2.81 bits per heavy atom. The summed E-state index contributed by atoms with van der Waals surface area (Å²) in [5.74, 6) is 0.298. The summed E-state index contributed by atoms with van der Waals surface area (Å²) in [5, 5.41) is 4.07. The van der Waals surface area contributed by atoms with E-state index in [4.69, 9.17) is 9.26 Å². The Bertz CT molecular complexity index is 824. The molecule has 1 unspecified atom stereocenters. The third-order valence-corrected chi connectivity index (χ3v) is 6.20. The number of aromatic nitrogens is 3. The van der Waals surface area contributed by atoms with Gasteiger partial charge in [-0.2, -0.15) is 0 Å². The van der Waals surface area contributed by atoms with E-state index < -0.39 is 9.84 Å². The first-order valence-electron chi connectivity index (χ1n) is 9.31. The Balaban J connectivity index is 1.79. The first-order chi connectivity index (χ1) is 12.8. The first kappa shape index (κ1) is 20.0. The van der Waals surface area contributed by atoms with Crippen molar-refractivity contribution in [3.8, 4) is 0 Å². The molecule has 0 N–H and O–H groups in total. The van der Waals surface area contributed by atoms with E-state index in [1.807, 2.05) is 17.7 Å². The second kappa shape index (κ2) is 8.53. The Kier molecular flexibility index (Phi) is 6.33. The van der Waals surface area contributed by atoms with Crippen LogP contribution >= 0.6 is 0 Å². The zero-order chi connectivity index (χ0) is 19.4. The molecule has 2 aromatic heterocycles. The second-order valence-electron chi connectivity index (χ2n) is 7.62. The van der Waals surface area contributed by atoms with Crippen LogP contribution < -0.4 is 0 Å². The van der Waals surface area contributed by atoms with Gasteiger partial charge in [0.05, 0.1) is 29.4 Å². The van der Waals surface area contributed by atoms with Gasteiger partial charge in [0.2, 0.25) is 15.0 Å². The molecule has 0 spiro atoms. The maximum Gasteiger partial charge on any atom is 0.227 e. The Hall–Kier alpha value is -1.71. The van der Waals surface area contributed by atoms with Gasteiger partial charge in [-0.05, 0) is 25.8 Å². The molecule has 3 rings (SSSR count). The predicted molar refractivity (Wildman–Crippen MR) is 99.8 cm³/mol. The minimum atomic E-state index is -3.50. The highest BCUT2D eigenvalue weighted by molar-refractivity contribution is 7.91. The standard InChI is InChI=1S/C18H28N4O4S/c1-14(2)10-22-16(12-21(3)11-15-6-8-26-20-15)9-19-18(22)27(23,24)13-17-5-4-7-25-17/h6,8-9,14,17H,4-5,7,10-13H2,1-3H3. The van der Waals surface area contributed by atoms with Crippen LogP contribution in [0.25, 0.3) is 0 Å². The van der Waals surface area contributed by atoms with Gasteiger partial charge in [0.25, 0.3) is 0 Å². The van der Waals surface area contributed by atoms with Crippen molar-refractivity contribution in [2.24, 2.45) is 5.92 Å². The summed E-state index contributed by atoms with van der Waals surface area (Å²) in [5.41, 5.74) is 1.71. The van der Waals surface area contributed by atoms with Crippen molar-refractivity contribution in [3.63, 3.8) is 0 Å². The molecule has 1 aliphatic heterocycles. The molecular formula is C18H28N4O4S. The van der Waals surface area contributed by atoms with E-state index in [0.717, 1.165) is 24.2 Å². The van der Waals surface area contributed by atoms with Gasteiger partial charge in [0.15, 0.2) is 0 Å². The van der Waals surface area contributed by atoms with Crippen molar-refractivity contribution < 1.29 is 17.7 Å². The van der Waals surface area contributed by atoms with Crippen LogP contribution in [0.4, 0.5) is 0 Å². The van der Waals surface area contributed by atoms with Crippen molar-refractivity contribution in [2.75, 3.05) is 19.4 Å². The van der Waals surface area contributed by atoms with Crippen molar-refractivity contribution in [1.29, 1.82) is 0 Å². The lowest BCUT2D eigenvalue weighted by Gasteiger charge is -2.19. The Labute approximate surface area is 160 Å². The molecule has 0 radical (unpaired) electrons. The van der Waals surface area contributed by atoms with Gasteiger partial charge in [-0.15, -0.1) is 0 Å². The van der Waals surface area contributed by atoms with E-state index in [2.05, 4.69) is 28.9 Å². The lowest BCUT2D eigenvalue weighted by molar-refractivity contribution is 0.127. The second-order valence-corrected chi connectivity index (χ2v) is 9.54. The molecule has 1 fully saturated rings. The molecule has 8 nitrogen and oxygen atoms in total. The largest absolute Gasteiger partial charge is 0.377 e. The topological polar surface area (TPSA) is 90.5 Å². The van der Waals surface area contributed by atoms with Gasteiger partial charge in [0, 0.05) is 32.3 Å². The number of rotatable bonds is 9. The average Bonchev–Trinajstić information content (AvgIpc) is 3.31. The zero-order valence-corrected chi connectivity index (χ0v) is 17.0. The fourth-order valence-electron chi connectivity index (χ4n) is 3.35. The third-order valence-electron chi connectivity index (χ3n) is 4.51. The predicted octanol–water partition coefficient (Wildman–Crippen LogP) is 2.11. The lowest BCUT2D eigenvalue weighted by Crippen LogP contribution is -2.25. The maximum atomic E-state index is 12.9. The lowest BCUT2D eigenvalue weighted by atomic mass is 10.2. The molecular weight excluding hydrogens is 368 g/mol. The normalized spacial score (nSPS) is 18.0. The molecule has 0 saturated carbocycles. The molecule has 1 atom stereocenters. The van der Waals surface area contributed by atoms with E-state index in [9.17, 15) is 8.42 Å². The van der Waals surface area contributed by atoms with Crippen molar-refractivity contribution in [1.82, 2.24) is 19.6 Å². The summed E-state index contributed by atoms with van der Waals surface area (Å²) in [6.07, 6.45) is 4.69. The van der Waals surface area contributed by atoms with Crippen LogP contribution in [0.3, 0.4) is 0 Å². The van der Waals surface area contributed by atoms with Crippen LogP contribution in [-0.2, 0) is 34.2 Å². The van der Waals surface area contributed by atoms with Crippen molar-refractivity contribution >= 4 is 9.84 Å². The van der Waals surface area contributed by atoms with Crippen LogP contribution in [-0.4, -0.2) is 53.5 Å². The molecule has 0 aromatic carbocycles. The highest BCUT2D eigenvalue weighted by Crippen LogP contribution is 2.21. The number of sulfone groups is 1. The molecule has 1 saturated heterocycles. The van der Waals surface area contributed by atoms with Crippen LogP contribution in [0.5, 0.6) is 0 Å². The van der Waals surface area contributed by atoms with Crippen LogP contribution in [0.1, 0.15) is 38.1 Å². The number of hydrogen-bond acceptors (Lipinski definition) is 7. The Morgan fingerprint density at radius 1 is 1.37 bits per heavy atom. The number of imidazole rings is 1. The highest BCUT2D eigenvalue weighted by Gasteiger charge is 2.29. The first-order valence-corrected chi connectivity index (χ1v) is 11.0.